The highest BCUT2D eigenvalue weighted by molar-refractivity contribution is 7.09. The summed E-state index contributed by atoms with van der Waals surface area (Å²) in [7, 11) is 0. The second kappa shape index (κ2) is 11.3. The fraction of sp³-hybridized carbons (Fsp3) is 0.750. The molecule has 0 saturated carbocycles. The predicted octanol–water partition coefficient (Wildman–Crippen LogP) is 3.43. The molecule has 4 heteroatoms. The first-order valence-corrected chi connectivity index (χ1v) is 8.63. The van der Waals surface area contributed by atoms with Crippen molar-refractivity contribution >= 4 is 11.3 Å². The zero-order chi connectivity index (χ0) is 14.6. The quantitative estimate of drug-likeness (QED) is 0.621. The first kappa shape index (κ1) is 17.6. The topological polar surface area (TPSA) is 41.5 Å². The van der Waals surface area contributed by atoms with Crippen molar-refractivity contribution in [3.05, 3.63) is 22.4 Å². The molecule has 0 amide bonds. The lowest BCUT2D eigenvalue weighted by atomic mass is 9.99. The molecular formula is C16H29NO2S. The number of hydrogen-bond donors (Lipinski definition) is 2. The van der Waals surface area contributed by atoms with Crippen LogP contribution in [0.25, 0.3) is 0 Å². The van der Waals surface area contributed by atoms with Gasteiger partial charge in [-0.25, -0.2) is 0 Å². The van der Waals surface area contributed by atoms with E-state index in [1.807, 2.05) is 11.4 Å². The van der Waals surface area contributed by atoms with Gasteiger partial charge in [0.2, 0.25) is 0 Å². The van der Waals surface area contributed by atoms with Crippen LogP contribution in [0.1, 0.15) is 44.4 Å². The maximum absolute atomic E-state index is 9.86. The maximum atomic E-state index is 9.86. The Hall–Kier alpha value is -0.420. The molecule has 0 aliphatic rings. The molecule has 2 atom stereocenters. The fourth-order valence-corrected chi connectivity index (χ4v) is 2.79. The number of aliphatic hydroxyl groups excluding tert-OH is 1. The lowest BCUT2D eigenvalue weighted by molar-refractivity contribution is 0.0294. The van der Waals surface area contributed by atoms with E-state index in [-0.39, 0.29) is 0 Å². The van der Waals surface area contributed by atoms with Gasteiger partial charge < -0.3 is 15.2 Å². The van der Waals surface area contributed by atoms with E-state index in [0.717, 1.165) is 12.5 Å². The average molecular weight is 299 g/mol. The fourth-order valence-electron chi connectivity index (χ4n) is 2.15. The van der Waals surface area contributed by atoms with Crippen molar-refractivity contribution in [2.75, 3.05) is 19.7 Å². The van der Waals surface area contributed by atoms with Crippen LogP contribution in [-0.2, 0) is 11.3 Å². The highest BCUT2D eigenvalue weighted by Gasteiger charge is 2.08. The summed E-state index contributed by atoms with van der Waals surface area (Å²) in [5, 5.41) is 15.3. The van der Waals surface area contributed by atoms with E-state index in [0.29, 0.717) is 19.8 Å². The van der Waals surface area contributed by atoms with Crippen molar-refractivity contribution < 1.29 is 9.84 Å². The molecule has 116 valence electrons. The van der Waals surface area contributed by atoms with Crippen LogP contribution in [0, 0.1) is 5.92 Å². The largest absolute Gasteiger partial charge is 0.389 e. The van der Waals surface area contributed by atoms with Gasteiger partial charge >= 0.3 is 0 Å². The Morgan fingerprint density at radius 1 is 1.35 bits per heavy atom. The number of ether oxygens (including phenoxy) is 1. The van der Waals surface area contributed by atoms with E-state index >= 15 is 0 Å². The Kier molecular flexibility index (Phi) is 9.93. The van der Waals surface area contributed by atoms with Crippen molar-refractivity contribution in [2.24, 2.45) is 5.92 Å². The minimum absolute atomic E-state index is 0.399. The average Bonchev–Trinajstić information content (AvgIpc) is 2.96. The van der Waals surface area contributed by atoms with Gasteiger partial charge in [0, 0.05) is 11.4 Å². The van der Waals surface area contributed by atoms with Crippen LogP contribution in [-0.4, -0.2) is 30.9 Å². The second-order valence-corrected chi connectivity index (χ2v) is 6.36. The first-order chi connectivity index (χ1) is 9.76. The van der Waals surface area contributed by atoms with Gasteiger partial charge in [0.05, 0.1) is 19.3 Å². The van der Waals surface area contributed by atoms with Crippen molar-refractivity contribution in [3.8, 4) is 0 Å². The monoisotopic (exact) mass is 299 g/mol. The zero-order valence-corrected chi connectivity index (χ0v) is 13.6. The molecule has 1 rings (SSSR count). The smallest absolute Gasteiger partial charge is 0.0897 e. The van der Waals surface area contributed by atoms with Gasteiger partial charge in [-0.1, -0.05) is 39.2 Å². The molecule has 2 unspecified atom stereocenters. The molecule has 0 spiro atoms. The van der Waals surface area contributed by atoms with Crippen molar-refractivity contribution in [1.29, 1.82) is 0 Å². The third kappa shape index (κ3) is 8.00. The van der Waals surface area contributed by atoms with E-state index in [1.165, 1.54) is 30.6 Å². The summed E-state index contributed by atoms with van der Waals surface area (Å²) in [5.74, 6) is 0.731. The van der Waals surface area contributed by atoms with Gasteiger partial charge in [-0.15, -0.1) is 11.3 Å². The van der Waals surface area contributed by atoms with Gasteiger partial charge in [-0.3, -0.25) is 0 Å². The Morgan fingerprint density at radius 3 is 2.85 bits per heavy atom. The molecule has 0 aromatic carbocycles. The normalized spacial score (nSPS) is 14.3. The molecule has 0 aliphatic heterocycles. The van der Waals surface area contributed by atoms with Crippen molar-refractivity contribution in [1.82, 2.24) is 5.32 Å². The van der Waals surface area contributed by atoms with Crippen LogP contribution >= 0.6 is 11.3 Å². The van der Waals surface area contributed by atoms with E-state index in [9.17, 15) is 5.11 Å². The minimum Gasteiger partial charge on any atom is -0.389 e. The molecule has 2 N–H and O–H groups in total. The SMILES string of the molecule is CCCCC(CC)CNCC(O)COCc1cccs1. The molecule has 1 aromatic rings. The van der Waals surface area contributed by atoms with Crippen LogP contribution in [0.4, 0.5) is 0 Å². The molecule has 0 fully saturated rings. The van der Waals surface area contributed by atoms with Crippen LogP contribution in [0.3, 0.4) is 0 Å². The summed E-state index contributed by atoms with van der Waals surface area (Å²) < 4.78 is 5.51. The first-order valence-electron chi connectivity index (χ1n) is 7.75. The number of aliphatic hydroxyl groups is 1. The lowest BCUT2D eigenvalue weighted by Gasteiger charge is -2.17. The van der Waals surface area contributed by atoms with Gasteiger partial charge in [0.15, 0.2) is 0 Å². The predicted molar refractivity (Wildman–Crippen MR) is 86.2 cm³/mol. The Morgan fingerprint density at radius 2 is 2.20 bits per heavy atom. The van der Waals surface area contributed by atoms with E-state index in [4.69, 9.17) is 4.74 Å². The van der Waals surface area contributed by atoms with Crippen molar-refractivity contribution in [3.63, 3.8) is 0 Å². The molecule has 20 heavy (non-hydrogen) atoms. The third-order valence-corrected chi connectivity index (χ3v) is 4.34. The molecule has 1 aromatic heterocycles. The molecule has 0 aliphatic carbocycles. The molecule has 0 saturated heterocycles. The minimum atomic E-state index is -0.418. The third-order valence-electron chi connectivity index (χ3n) is 3.49. The summed E-state index contributed by atoms with van der Waals surface area (Å²) in [6.45, 7) is 7.09. The van der Waals surface area contributed by atoms with E-state index in [1.54, 1.807) is 11.3 Å². The Labute approximate surface area is 127 Å². The molecular weight excluding hydrogens is 270 g/mol. The van der Waals surface area contributed by atoms with Crippen LogP contribution in [0.5, 0.6) is 0 Å². The summed E-state index contributed by atoms with van der Waals surface area (Å²) >= 11 is 1.68. The van der Waals surface area contributed by atoms with Gasteiger partial charge in [-0.05, 0) is 30.3 Å². The molecule has 1 heterocycles. The molecule has 0 bridgehead atoms. The molecule has 0 radical (unpaired) electrons. The highest BCUT2D eigenvalue weighted by atomic mass is 32.1. The summed E-state index contributed by atoms with van der Waals surface area (Å²) in [6, 6.07) is 4.07. The standard InChI is InChI=1S/C16H29NO2S/c1-3-5-7-14(4-2)10-17-11-15(18)12-19-13-16-8-6-9-20-16/h6,8-9,14-15,17-18H,3-5,7,10-13H2,1-2H3. The number of unbranched alkanes of at least 4 members (excludes halogenated alkanes) is 1. The van der Waals surface area contributed by atoms with Crippen molar-refractivity contribution in [2.45, 2.75) is 52.2 Å². The van der Waals surface area contributed by atoms with Crippen LogP contribution in [0.15, 0.2) is 17.5 Å². The van der Waals surface area contributed by atoms with Gasteiger partial charge in [0.25, 0.3) is 0 Å². The highest BCUT2D eigenvalue weighted by Crippen LogP contribution is 2.11. The number of hydrogen-bond acceptors (Lipinski definition) is 4. The van der Waals surface area contributed by atoms with Crippen LogP contribution < -0.4 is 5.32 Å². The number of rotatable bonds is 12. The molecule has 3 nitrogen and oxygen atoms in total. The maximum Gasteiger partial charge on any atom is 0.0897 e. The number of thiophene rings is 1. The van der Waals surface area contributed by atoms with Gasteiger partial charge in [-0.2, -0.15) is 0 Å². The summed E-state index contributed by atoms with van der Waals surface area (Å²) in [4.78, 5) is 1.20. The van der Waals surface area contributed by atoms with E-state index < -0.39 is 6.10 Å². The second-order valence-electron chi connectivity index (χ2n) is 5.32. The summed E-state index contributed by atoms with van der Waals surface area (Å²) in [5.41, 5.74) is 0. The summed E-state index contributed by atoms with van der Waals surface area (Å²) in [6.07, 6.45) is 4.63. The number of nitrogens with one attached hydrogen (secondary N) is 1. The Bertz CT molecular complexity index is 316. The van der Waals surface area contributed by atoms with Crippen LogP contribution in [0.2, 0.25) is 0 Å². The zero-order valence-electron chi connectivity index (χ0n) is 12.8. The van der Waals surface area contributed by atoms with E-state index in [2.05, 4.69) is 25.2 Å². The van der Waals surface area contributed by atoms with Gasteiger partial charge in [0.1, 0.15) is 0 Å². The Balaban J connectivity index is 2.02. The lowest BCUT2D eigenvalue weighted by Crippen LogP contribution is -2.33.